The van der Waals surface area contributed by atoms with Crippen molar-refractivity contribution in [3.05, 3.63) is 22.4 Å². The first-order valence-corrected chi connectivity index (χ1v) is 6.03. The van der Waals surface area contributed by atoms with E-state index in [2.05, 4.69) is 18.4 Å². The minimum atomic E-state index is -0.654. The van der Waals surface area contributed by atoms with E-state index in [1.54, 1.807) is 11.3 Å². The molecular formula is C11H19NOS. The number of thiophene rings is 1. The summed E-state index contributed by atoms with van der Waals surface area (Å²) in [5.41, 5.74) is 4.93. The summed E-state index contributed by atoms with van der Waals surface area (Å²) in [5.74, 6) is 0. The molecule has 0 amide bonds. The molecule has 2 nitrogen and oxygen atoms in total. The molecule has 1 atom stereocenters. The third-order valence-corrected chi connectivity index (χ3v) is 3.45. The molecule has 0 saturated heterocycles. The molecular weight excluding hydrogens is 194 g/mol. The lowest BCUT2D eigenvalue weighted by Crippen LogP contribution is -2.37. The third kappa shape index (κ3) is 3.40. The van der Waals surface area contributed by atoms with Crippen LogP contribution in [0.3, 0.4) is 0 Å². The summed E-state index contributed by atoms with van der Waals surface area (Å²) in [7, 11) is 0. The van der Waals surface area contributed by atoms with Gasteiger partial charge in [-0.15, -0.1) is 11.3 Å². The highest BCUT2D eigenvalue weighted by Gasteiger charge is 2.23. The summed E-state index contributed by atoms with van der Waals surface area (Å²) in [6, 6.07) is 4.15. The molecule has 0 saturated carbocycles. The second kappa shape index (κ2) is 5.49. The van der Waals surface area contributed by atoms with E-state index < -0.39 is 5.60 Å². The number of aryl methyl sites for hydroxylation is 1. The Morgan fingerprint density at radius 1 is 1.50 bits per heavy atom. The van der Waals surface area contributed by atoms with Crippen LogP contribution in [0.2, 0.25) is 0 Å². The Morgan fingerprint density at radius 2 is 2.29 bits per heavy atom. The Bertz CT molecular complexity index is 248. The van der Waals surface area contributed by atoms with Gasteiger partial charge in [0.05, 0.1) is 5.60 Å². The molecule has 0 aliphatic heterocycles. The molecule has 1 aromatic heterocycles. The van der Waals surface area contributed by atoms with Gasteiger partial charge in [-0.3, -0.25) is 0 Å². The normalized spacial score (nSPS) is 15.4. The van der Waals surface area contributed by atoms with Gasteiger partial charge in [-0.2, -0.15) is 0 Å². The quantitative estimate of drug-likeness (QED) is 0.760. The molecule has 0 radical (unpaired) electrons. The van der Waals surface area contributed by atoms with Crippen LogP contribution in [-0.2, 0) is 6.42 Å². The fourth-order valence-corrected chi connectivity index (χ4v) is 2.31. The van der Waals surface area contributed by atoms with Crippen molar-refractivity contribution in [1.82, 2.24) is 0 Å². The maximum Gasteiger partial charge on any atom is 0.0772 e. The molecule has 14 heavy (non-hydrogen) atoms. The molecule has 1 rings (SSSR count). The predicted octanol–water partition coefficient (Wildman–Crippen LogP) is 2.17. The molecule has 1 unspecified atom stereocenters. The lowest BCUT2D eigenvalue weighted by molar-refractivity contribution is 0.0313. The maximum atomic E-state index is 10.1. The van der Waals surface area contributed by atoms with Gasteiger partial charge in [0.25, 0.3) is 0 Å². The van der Waals surface area contributed by atoms with Crippen LogP contribution in [0.25, 0.3) is 0 Å². The second-order valence-corrected chi connectivity index (χ2v) is 4.79. The number of hydrogen-bond donors (Lipinski definition) is 2. The fourth-order valence-electron chi connectivity index (χ4n) is 1.61. The average molecular weight is 213 g/mol. The minimum Gasteiger partial charge on any atom is -0.389 e. The molecule has 0 aliphatic carbocycles. The number of rotatable bonds is 6. The van der Waals surface area contributed by atoms with E-state index in [0.717, 1.165) is 25.7 Å². The zero-order valence-corrected chi connectivity index (χ0v) is 9.52. The Balaban J connectivity index is 2.41. The molecule has 0 spiro atoms. The Hall–Kier alpha value is -0.380. The van der Waals surface area contributed by atoms with Gasteiger partial charge in [-0.1, -0.05) is 19.4 Å². The first kappa shape index (κ1) is 11.7. The SMILES string of the molecule is CCCC(O)(CN)CCc1cccs1. The molecule has 0 aliphatic rings. The van der Waals surface area contributed by atoms with Gasteiger partial charge < -0.3 is 10.8 Å². The molecule has 3 heteroatoms. The number of hydrogen-bond acceptors (Lipinski definition) is 3. The average Bonchev–Trinajstić information content (AvgIpc) is 2.68. The van der Waals surface area contributed by atoms with Crippen LogP contribution >= 0.6 is 11.3 Å². The van der Waals surface area contributed by atoms with Crippen LogP contribution < -0.4 is 5.73 Å². The van der Waals surface area contributed by atoms with Crippen molar-refractivity contribution in [3.8, 4) is 0 Å². The van der Waals surface area contributed by atoms with Crippen molar-refractivity contribution in [2.45, 2.75) is 38.2 Å². The monoisotopic (exact) mass is 213 g/mol. The van der Waals surface area contributed by atoms with Gasteiger partial charge in [0, 0.05) is 11.4 Å². The lowest BCUT2D eigenvalue weighted by Gasteiger charge is -2.25. The summed E-state index contributed by atoms with van der Waals surface area (Å²) in [6.07, 6.45) is 3.50. The van der Waals surface area contributed by atoms with Gasteiger partial charge in [0.2, 0.25) is 0 Å². The highest BCUT2D eigenvalue weighted by atomic mass is 32.1. The maximum absolute atomic E-state index is 10.1. The Labute approximate surface area is 89.8 Å². The van der Waals surface area contributed by atoms with Gasteiger partial charge in [0.1, 0.15) is 0 Å². The molecule has 1 aromatic rings. The van der Waals surface area contributed by atoms with Crippen molar-refractivity contribution < 1.29 is 5.11 Å². The van der Waals surface area contributed by atoms with Crippen molar-refractivity contribution in [1.29, 1.82) is 0 Å². The third-order valence-electron chi connectivity index (χ3n) is 2.51. The molecule has 0 aromatic carbocycles. The Kier molecular flexibility index (Phi) is 4.58. The van der Waals surface area contributed by atoms with Gasteiger partial charge >= 0.3 is 0 Å². The van der Waals surface area contributed by atoms with Crippen LogP contribution in [-0.4, -0.2) is 17.3 Å². The summed E-state index contributed by atoms with van der Waals surface area (Å²) in [5, 5.41) is 12.2. The topological polar surface area (TPSA) is 46.2 Å². The van der Waals surface area contributed by atoms with Crippen molar-refractivity contribution >= 4 is 11.3 Å². The van der Waals surface area contributed by atoms with Crippen LogP contribution in [0.5, 0.6) is 0 Å². The lowest BCUT2D eigenvalue weighted by atomic mass is 9.92. The predicted molar refractivity (Wildman–Crippen MR) is 61.6 cm³/mol. The van der Waals surface area contributed by atoms with E-state index in [9.17, 15) is 5.11 Å². The van der Waals surface area contributed by atoms with E-state index in [0.29, 0.717) is 6.54 Å². The van der Waals surface area contributed by atoms with Crippen LogP contribution in [0, 0.1) is 0 Å². The van der Waals surface area contributed by atoms with Crippen molar-refractivity contribution in [2.24, 2.45) is 5.73 Å². The zero-order chi connectivity index (χ0) is 10.4. The largest absolute Gasteiger partial charge is 0.389 e. The molecule has 0 fully saturated rings. The smallest absolute Gasteiger partial charge is 0.0772 e. The van der Waals surface area contributed by atoms with E-state index in [-0.39, 0.29) is 0 Å². The number of aliphatic hydroxyl groups is 1. The first-order chi connectivity index (χ1) is 6.70. The molecule has 1 heterocycles. The van der Waals surface area contributed by atoms with E-state index >= 15 is 0 Å². The molecule has 3 N–H and O–H groups in total. The Morgan fingerprint density at radius 3 is 2.79 bits per heavy atom. The second-order valence-electron chi connectivity index (χ2n) is 3.76. The summed E-state index contributed by atoms with van der Waals surface area (Å²) >= 11 is 1.74. The van der Waals surface area contributed by atoms with Crippen LogP contribution in [0.4, 0.5) is 0 Å². The van der Waals surface area contributed by atoms with Gasteiger partial charge in [0.15, 0.2) is 0 Å². The molecule has 80 valence electrons. The standard InChI is InChI=1S/C11H19NOS/c1-2-6-11(13,9-12)7-5-10-4-3-8-14-10/h3-4,8,13H,2,5-7,9,12H2,1H3. The first-order valence-electron chi connectivity index (χ1n) is 5.15. The summed E-state index contributed by atoms with van der Waals surface area (Å²) in [6.45, 7) is 2.44. The highest BCUT2D eigenvalue weighted by Crippen LogP contribution is 2.20. The fraction of sp³-hybridized carbons (Fsp3) is 0.636. The van der Waals surface area contributed by atoms with Crippen LogP contribution in [0.1, 0.15) is 31.1 Å². The van der Waals surface area contributed by atoms with Crippen LogP contribution in [0.15, 0.2) is 17.5 Å². The van der Waals surface area contributed by atoms with Crippen molar-refractivity contribution in [2.75, 3.05) is 6.54 Å². The van der Waals surface area contributed by atoms with E-state index in [1.165, 1.54) is 4.88 Å². The van der Waals surface area contributed by atoms with E-state index in [4.69, 9.17) is 5.73 Å². The zero-order valence-electron chi connectivity index (χ0n) is 8.70. The summed E-state index contributed by atoms with van der Waals surface area (Å²) in [4.78, 5) is 1.33. The summed E-state index contributed by atoms with van der Waals surface area (Å²) < 4.78 is 0. The van der Waals surface area contributed by atoms with Crippen molar-refractivity contribution in [3.63, 3.8) is 0 Å². The van der Waals surface area contributed by atoms with E-state index in [1.807, 2.05) is 6.07 Å². The van der Waals surface area contributed by atoms with Gasteiger partial charge in [-0.05, 0) is 30.7 Å². The van der Waals surface area contributed by atoms with Gasteiger partial charge in [-0.25, -0.2) is 0 Å². The highest BCUT2D eigenvalue weighted by molar-refractivity contribution is 7.09. The number of nitrogens with two attached hydrogens (primary N) is 1. The minimum absolute atomic E-state index is 0.367. The molecule has 0 bridgehead atoms.